The normalized spacial score (nSPS) is 20.7. The number of piperazine rings is 1. The Morgan fingerprint density at radius 3 is 2.89 bits per heavy atom. The van der Waals surface area contributed by atoms with Gasteiger partial charge in [-0.25, -0.2) is 9.97 Å². The predicted octanol–water partition coefficient (Wildman–Crippen LogP) is 0.803. The number of aryl methyl sites for hydroxylation is 2. The first-order chi connectivity index (χ1) is 8.92. The standard InChI is InChI=1S/C14H22N4/c1-2-4-13-12(3-1)11-16-14(17-13)5-8-18-9-6-15-7-10-18/h11,15H,1-10H2. The van der Waals surface area contributed by atoms with Crippen LogP contribution in [0.25, 0.3) is 0 Å². The Morgan fingerprint density at radius 2 is 2.00 bits per heavy atom. The second kappa shape index (κ2) is 5.76. The number of fused-ring (bicyclic) bond motifs is 1. The van der Waals surface area contributed by atoms with Crippen LogP contribution < -0.4 is 5.32 Å². The fraction of sp³-hybridized carbons (Fsp3) is 0.714. The third-order valence-corrected chi connectivity index (χ3v) is 3.98. The van der Waals surface area contributed by atoms with E-state index in [9.17, 15) is 0 Å². The van der Waals surface area contributed by atoms with Crippen LogP contribution in [-0.4, -0.2) is 47.6 Å². The van der Waals surface area contributed by atoms with Crippen LogP contribution in [0, 0.1) is 0 Å². The molecule has 1 aromatic heterocycles. The minimum Gasteiger partial charge on any atom is -0.314 e. The summed E-state index contributed by atoms with van der Waals surface area (Å²) in [4.78, 5) is 11.8. The fourth-order valence-corrected chi connectivity index (χ4v) is 2.83. The van der Waals surface area contributed by atoms with Gasteiger partial charge in [0, 0.05) is 51.0 Å². The van der Waals surface area contributed by atoms with Crippen molar-refractivity contribution in [3.63, 3.8) is 0 Å². The maximum atomic E-state index is 4.74. The Labute approximate surface area is 109 Å². The lowest BCUT2D eigenvalue weighted by Gasteiger charge is -2.26. The molecule has 1 saturated heterocycles. The smallest absolute Gasteiger partial charge is 0.129 e. The molecule has 18 heavy (non-hydrogen) atoms. The first kappa shape index (κ1) is 12.1. The second-order valence-electron chi connectivity index (χ2n) is 5.31. The SMILES string of the molecule is c1nc(CCN2CCNCC2)nc2c1CCCC2. The van der Waals surface area contributed by atoms with Crippen molar-refractivity contribution in [3.05, 3.63) is 23.3 Å². The number of aromatic nitrogens is 2. The number of nitrogens with one attached hydrogen (secondary N) is 1. The lowest BCUT2D eigenvalue weighted by Crippen LogP contribution is -2.44. The molecule has 1 aromatic rings. The Morgan fingerprint density at radius 1 is 1.17 bits per heavy atom. The van der Waals surface area contributed by atoms with Crippen molar-refractivity contribution in [1.82, 2.24) is 20.2 Å². The van der Waals surface area contributed by atoms with E-state index in [1.54, 1.807) is 0 Å². The number of rotatable bonds is 3. The second-order valence-corrected chi connectivity index (χ2v) is 5.31. The zero-order valence-corrected chi connectivity index (χ0v) is 11.0. The highest BCUT2D eigenvalue weighted by Crippen LogP contribution is 2.18. The number of hydrogen-bond donors (Lipinski definition) is 1. The van der Waals surface area contributed by atoms with Crippen molar-refractivity contribution in [3.8, 4) is 0 Å². The molecule has 0 spiro atoms. The zero-order valence-electron chi connectivity index (χ0n) is 11.0. The van der Waals surface area contributed by atoms with Gasteiger partial charge in [0.2, 0.25) is 0 Å². The van der Waals surface area contributed by atoms with E-state index in [1.807, 2.05) is 0 Å². The van der Waals surface area contributed by atoms with E-state index >= 15 is 0 Å². The molecule has 4 heteroatoms. The average molecular weight is 246 g/mol. The highest BCUT2D eigenvalue weighted by Gasteiger charge is 2.13. The molecule has 4 nitrogen and oxygen atoms in total. The topological polar surface area (TPSA) is 41.1 Å². The molecule has 0 atom stereocenters. The highest BCUT2D eigenvalue weighted by atomic mass is 15.2. The summed E-state index contributed by atoms with van der Waals surface area (Å²) in [6, 6.07) is 0. The van der Waals surface area contributed by atoms with Gasteiger partial charge in [-0.05, 0) is 31.2 Å². The van der Waals surface area contributed by atoms with E-state index in [2.05, 4.69) is 21.4 Å². The van der Waals surface area contributed by atoms with Crippen LogP contribution in [0.2, 0.25) is 0 Å². The molecule has 98 valence electrons. The Bertz CT molecular complexity index is 399. The molecule has 1 aliphatic carbocycles. The zero-order chi connectivity index (χ0) is 12.2. The predicted molar refractivity (Wildman–Crippen MR) is 71.7 cm³/mol. The van der Waals surface area contributed by atoms with Crippen molar-refractivity contribution in [2.75, 3.05) is 32.7 Å². The van der Waals surface area contributed by atoms with Gasteiger partial charge in [-0.1, -0.05) is 0 Å². The van der Waals surface area contributed by atoms with Gasteiger partial charge in [0.1, 0.15) is 5.82 Å². The number of nitrogens with zero attached hydrogens (tertiary/aromatic N) is 3. The molecule has 2 aliphatic rings. The minimum absolute atomic E-state index is 0.993. The van der Waals surface area contributed by atoms with E-state index in [1.165, 1.54) is 30.5 Å². The molecule has 2 heterocycles. The molecular weight excluding hydrogens is 224 g/mol. The van der Waals surface area contributed by atoms with Gasteiger partial charge in [0.05, 0.1) is 0 Å². The lowest BCUT2D eigenvalue weighted by molar-refractivity contribution is 0.242. The summed E-state index contributed by atoms with van der Waals surface area (Å²) < 4.78 is 0. The van der Waals surface area contributed by atoms with Crippen LogP contribution in [-0.2, 0) is 19.3 Å². The maximum absolute atomic E-state index is 4.74. The summed E-state index contributed by atoms with van der Waals surface area (Å²) in [5, 5.41) is 3.38. The molecule has 1 fully saturated rings. The van der Waals surface area contributed by atoms with E-state index in [-0.39, 0.29) is 0 Å². The van der Waals surface area contributed by atoms with Gasteiger partial charge in [-0.2, -0.15) is 0 Å². The Balaban J connectivity index is 1.58. The first-order valence-corrected chi connectivity index (χ1v) is 7.18. The minimum atomic E-state index is 0.993. The average Bonchev–Trinajstić information content (AvgIpc) is 2.46. The van der Waals surface area contributed by atoms with Crippen molar-refractivity contribution in [1.29, 1.82) is 0 Å². The molecule has 0 saturated carbocycles. The molecule has 1 aliphatic heterocycles. The third-order valence-electron chi connectivity index (χ3n) is 3.98. The maximum Gasteiger partial charge on any atom is 0.129 e. The van der Waals surface area contributed by atoms with Gasteiger partial charge in [0.15, 0.2) is 0 Å². The van der Waals surface area contributed by atoms with Crippen molar-refractivity contribution < 1.29 is 0 Å². The Hall–Kier alpha value is -1.00. The van der Waals surface area contributed by atoms with E-state index < -0.39 is 0 Å². The molecule has 1 N–H and O–H groups in total. The Kier molecular flexibility index (Phi) is 3.86. The van der Waals surface area contributed by atoms with Gasteiger partial charge in [0.25, 0.3) is 0 Å². The van der Waals surface area contributed by atoms with Crippen LogP contribution in [0.4, 0.5) is 0 Å². The fourth-order valence-electron chi connectivity index (χ4n) is 2.83. The molecule has 0 unspecified atom stereocenters. The third kappa shape index (κ3) is 2.87. The summed E-state index contributed by atoms with van der Waals surface area (Å²) in [5.41, 5.74) is 2.69. The quantitative estimate of drug-likeness (QED) is 0.856. The van der Waals surface area contributed by atoms with Gasteiger partial charge >= 0.3 is 0 Å². The van der Waals surface area contributed by atoms with Crippen LogP contribution in [0.15, 0.2) is 6.20 Å². The summed E-state index contributed by atoms with van der Waals surface area (Å²) >= 11 is 0. The number of hydrogen-bond acceptors (Lipinski definition) is 4. The summed E-state index contributed by atoms with van der Waals surface area (Å²) in [7, 11) is 0. The van der Waals surface area contributed by atoms with Gasteiger partial charge in [-0.15, -0.1) is 0 Å². The van der Waals surface area contributed by atoms with Crippen LogP contribution in [0.3, 0.4) is 0 Å². The van der Waals surface area contributed by atoms with Gasteiger partial charge in [-0.3, -0.25) is 0 Å². The van der Waals surface area contributed by atoms with Crippen molar-refractivity contribution in [2.45, 2.75) is 32.1 Å². The molecule has 0 bridgehead atoms. The molecule has 0 radical (unpaired) electrons. The van der Waals surface area contributed by atoms with E-state index in [0.717, 1.165) is 51.4 Å². The molecule has 0 amide bonds. The molecular formula is C14H22N4. The van der Waals surface area contributed by atoms with Crippen LogP contribution in [0.1, 0.15) is 29.9 Å². The highest BCUT2D eigenvalue weighted by molar-refractivity contribution is 5.20. The summed E-state index contributed by atoms with van der Waals surface area (Å²) in [5.74, 6) is 1.04. The van der Waals surface area contributed by atoms with Crippen LogP contribution >= 0.6 is 0 Å². The lowest BCUT2D eigenvalue weighted by atomic mass is 9.97. The van der Waals surface area contributed by atoms with E-state index in [4.69, 9.17) is 4.98 Å². The summed E-state index contributed by atoms with van der Waals surface area (Å²) in [6.45, 7) is 5.65. The molecule has 0 aromatic carbocycles. The van der Waals surface area contributed by atoms with Crippen molar-refractivity contribution >= 4 is 0 Å². The van der Waals surface area contributed by atoms with E-state index in [0.29, 0.717) is 0 Å². The largest absolute Gasteiger partial charge is 0.314 e. The molecule has 3 rings (SSSR count). The summed E-state index contributed by atoms with van der Waals surface area (Å²) in [6.07, 6.45) is 7.98. The van der Waals surface area contributed by atoms with Crippen LogP contribution in [0.5, 0.6) is 0 Å². The monoisotopic (exact) mass is 246 g/mol. The first-order valence-electron chi connectivity index (χ1n) is 7.18. The van der Waals surface area contributed by atoms with Crippen molar-refractivity contribution in [2.24, 2.45) is 0 Å². The van der Waals surface area contributed by atoms with Gasteiger partial charge < -0.3 is 10.2 Å².